The summed E-state index contributed by atoms with van der Waals surface area (Å²) < 4.78 is 56.4. The Morgan fingerprint density at radius 1 is 0.785 bits per heavy atom. The Kier molecular flexibility index (Phi) is 22.2. The molecule has 18 atom stereocenters. The van der Waals surface area contributed by atoms with E-state index in [1.165, 1.54) is 32.9 Å². The third-order valence-corrected chi connectivity index (χ3v) is 16.3. The van der Waals surface area contributed by atoms with Crippen molar-refractivity contribution in [1.82, 2.24) is 4.90 Å². The molecule has 3 aliphatic heterocycles. The van der Waals surface area contributed by atoms with E-state index in [0.29, 0.717) is 16.1 Å². The molecule has 0 aliphatic carbocycles. The van der Waals surface area contributed by atoms with E-state index in [-0.39, 0.29) is 51.2 Å². The van der Waals surface area contributed by atoms with Gasteiger partial charge in [0.25, 0.3) is 0 Å². The number of likely N-dealkylation sites (N-methyl/N-ethyl adjacent to an activating group) is 1. The summed E-state index contributed by atoms with van der Waals surface area (Å²) in [5.74, 6) is -4.84. The van der Waals surface area contributed by atoms with Gasteiger partial charge in [-0.05, 0) is 78.0 Å². The second-order valence-electron chi connectivity index (χ2n) is 22.3. The fourth-order valence-corrected chi connectivity index (χ4v) is 11.4. The van der Waals surface area contributed by atoms with Crippen LogP contribution in [-0.4, -0.2) is 148 Å². The summed E-state index contributed by atoms with van der Waals surface area (Å²) >= 11 is 6.49. The van der Waals surface area contributed by atoms with E-state index < -0.39 is 126 Å². The largest absolute Gasteiger partial charge is 0.509 e. The molecule has 3 aliphatic rings. The van der Waals surface area contributed by atoms with Crippen LogP contribution in [0, 0.1) is 23.7 Å². The van der Waals surface area contributed by atoms with Gasteiger partial charge in [0.05, 0.1) is 59.4 Å². The number of carbonyl (C=O) groups is 3. The highest BCUT2D eigenvalue weighted by atomic mass is 35.5. The van der Waals surface area contributed by atoms with Crippen LogP contribution in [0.4, 0.5) is 9.59 Å². The number of methoxy groups -OCH3 is 1. The molecule has 0 spiro atoms. The number of benzene rings is 3. The number of nitrogens with zero attached hydrogens (tertiary/aromatic N) is 2. The first-order valence-corrected chi connectivity index (χ1v) is 27.6. The van der Waals surface area contributed by atoms with Crippen LogP contribution in [0.3, 0.4) is 0 Å². The van der Waals surface area contributed by atoms with Crippen LogP contribution in [0.1, 0.15) is 112 Å². The number of cyclic esters (lactones) is 1. The van der Waals surface area contributed by atoms with Crippen LogP contribution >= 0.6 is 11.6 Å². The first-order valence-electron chi connectivity index (χ1n) is 27.2. The predicted molar refractivity (Wildman–Crippen MR) is 291 cm³/mol. The van der Waals surface area contributed by atoms with Crippen molar-refractivity contribution in [3.63, 3.8) is 0 Å². The maximum atomic E-state index is 14.8. The van der Waals surface area contributed by atoms with Crippen molar-refractivity contribution >= 4 is 35.5 Å². The van der Waals surface area contributed by atoms with Crippen molar-refractivity contribution in [2.75, 3.05) is 14.2 Å². The first-order chi connectivity index (χ1) is 37.3. The SMILES string of the molecule is CC[C@H]1OC(=O)[C@H](C)[C@@H](O[C@H]2C[C@@](C)(OC)[C@@H](O)[C@H](C)O2)[C@H](C)[C@@H](O[C@@H]2O[C@H](C)C[C@H](N(C)C(=O)OCc3ccccc3)[C@H]2OC(=O)OCc2ccccc2)[C@](C)(O)C[C@@H](C)/C(=N/OCc2ccccc2Cl)[C@H](C)[C@@H](O)[C@]1(C)O. The number of ether oxygens (including phenoxy) is 9. The van der Waals surface area contributed by atoms with Gasteiger partial charge < -0.3 is 72.8 Å². The second kappa shape index (κ2) is 27.7. The number of carbonyl (C=O) groups excluding carboxylic acids is 3. The van der Waals surface area contributed by atoms with E-state index in [1.807, 2.05) is 36.4 Å². The number of hydrogen-bond acceptors (Lipinski definition) is 18. The Bertz CT molecular complexity index is 2470. The summed E-state index contributed by atoms with van der Waals surface area (Å²) in [6, 6.07) is 24.2. The molecule has 19 nitrogen and oxygen atoms in total. The van der Waals surface area contributed by atoms with Gasteiger partial charge in [-0.1, -0.05) is 123 Å². The lowest BCUT2D eigenvalue weighted by molar-refractivity contribution is -0.318. The van der Waals surface area contributed by atoms with Crippen LogP contribution < -0.4 is 0 Å². The monoisotopic (exact) mass is 1130 g/mol. The minimum absolute atomic E-state index is 0.00197. The molecule has 4 N–H and O–H groups in total. The van der Waals surface area contributed by atoms with Gasteiger partial charge in [-0.2, -0.15) is 0 Å². The van der Waals surface area contributed by atoms with Crippen molar-refractivity contribution in [1.29, 1.82) is 0 Å². The zero-order chi connectivity index (χ0) is 58.0. The number of esters is 1. The molecule has 3 aromatic carbocycles. The highest BCUT2D eigenvalue weighted by molar-refractivity contribution is 6.31. The van der Waals surface area contributed by atoms with E-state index in [1.54, 1.807) is 104 Å². The smallest absolute Gasteiger partial charge is 0.459 e. The number of halogens is 1. The van der Waals surface area contributed by atoms with E-state index >= 15 is 0 Å². The Hall–Kier alpha value is -4.93. The van der Waals surface area contributed by atoms with Crippen molar-refractivity contribution in [2.45, 2.75) is 199 Å². The third kappa shape index (κ3) is 15.8. The molecule has 438 valence electrons. The highest BCUT2D eigenvalue weighted by Gasteiger charge is 2.54. The summed E-state index contributed by atoms with van der Waals surface area (Å²) in [5.41, 5.74) is -2.93. The van der Waals surface area contributed by atoms with Crippen molar-refractivity contribution in [2.24, 2.45) is 28.8 Å². The lowest BCUT2D eigenvalue weighted by Gasteiger charge is -2.49. The quantitative estimate of drug-likeness (QED) is 0.0633. The van der Waals surface area contributed by atoms with Crippen molar-refractivity contribution in [3.8, 4) is 0 Å². The maximum Gasteiger partial charge on any atom is 0.509 e. The first kappa shape index (κ1) is 63.3. The maximum absolute atomic E-state index is 14.8. The van der Waals surface area contributed by atoms with Crippen LogP contribution in [-0.2, 0) is 72.1 Å². The lowest BCUT2D eigenvalue weighted by Crippen LogP contribution is -2.62. The fraction of sp³-hybridized carbons (Fsp3) is 0.627. The fourth-order valence-electron chi connectivity index (χ4n) is 11.2. The van der Waals surface area contributed by atoms with Crippen LogP contribution in [0.25, 0.3) is 0 Å². The molecular weight excluding hydrogens is 1040 g/mol. The average molecular weight is 1130 g/mol. The van der Waals surface area contributed by atoms with E-state index in [2.05, 4.69) is 5.16 Å². The summed E-state index contributed by atoms with van der Waals surface area (Å²) in [6.07, 6.45) is -14.0. The van der Waals surface area contributed by atoms with Gasteiger partial charge in [0.1, 0.15) is 37.6 Å². The van der Waals surface area contributed by atoms with E-state index in [9.17, 15) is 34.8 Å². The Labute approximate surface area is 469 Å². The summed E-state index contributed by atoms with van der Waals surface area (Å²) in [5, 5.41) is 54.1. The number of aliphatic hydroxyl groups excluding tert-OH is 2. The molecular formula is C59H83ClN2O17. The normalized spacial score (nSPS) is 36.3. The second-order valence-corrected chi connectivity index (χ2v) is 22.7. The van der Waals surface area contributed by atoms with Gasteiger partial charge in [-0.15, -0.1) is 0 Å². The van der Waals surface area contributed by atoms with Gasteiger partial charge in [0.2, 0.25) is 0 Å². The number of hydrogen-bond donors (Lipinski definition) is 4. The van der Waals surface area contributed by atoms with Crippen molar-refractivity contribution in [3.05, 3.63) is 107 Å². The highest BCUT2D eigenvalue weighted by Crippen LogP contribution is 2.42. The summed E-state index contributed by atoms with van der Waals surface area (Å²) in [7, 11) is 2.98. The zero-order valence-corrected chi connectivity index (χ0v) is 48.3. The summed E-state index contributed by atoms with van der Waals surface area (Å²) in [4.78, 5) is 50.1. The van der Waals surface area contributed by atoms with Gasteiger partial charge >= 0.3 is 18.2 Å². The van der Waals surface area contributed by atoms with Crippen LogP contribution in [0.2, 0.25) is 5.02 Å². The minimum Gasteiger partial charge on any atom is -0.459 e. The molecule has 1 amide bonds. The minimum atomic E-state index is -2.06. The van der Waals surface area contributed by atoms with E-state index in [4.69, 9.17) is 59.1 Å². The predicted octanol–water partition coefficient (Wildman–Crippen LogP) is 8.51. The number of rotatable bonds is 15. The molecule has 20 heteroatoms. The Balaban J connectivity index is 1.47. The molecule has 0 unspecified atom stereocenters. The Morgan fingerprint density at radius 2 is 1.39 bits per heavy atom. The van der Waals surface area contributed by atoms with E-state index in [0.717, 1.165) is 5.56 Å². The molecule has 6 rings (SSSR count). The van der Waals surface area contributed by atoms with Gasteiger partial charge in [-0.3, -0.25) is 4.79 Å². The van der Waals surface area contributed by atoms with Crippen LogP contribution in [0.15, 0.2) is 90.1 Å². The number of aliphatic hydroxyl groups is 4. The molecule has 0 radical (unpaired) electrons. The number of amides is 1. The van der Waals surface area contributed by atoms with Crippen LogP contribution in [0.5, 0.6) is 0 Å². The molecule has 79 heavy (non-hydrogen) atoms. The standard InChI is InChI=1S/C59H83ClN2O17/c1-13-45-59(10,69)50(63)36(4)47(61-73-33-42-26-20-21-27-43(42)60)34(2)29-57(8,68)52(37(5)48(38(6)53(65)76-45)77-46-30-58(9,70-12)51(64)39(7)75-46)79-54-49(78-56(67)72-32-41-24-18-15-19-25-41)44(28-35(3)74-54)62(11)55(66)71-31-40-22-16-14-17-23-40/h14-27,34-39,44-46,48-52,54,63-64,68-69H,13,28-33H2,1-12H3/b61-47-/t34-,35-,36+,37+,38-,39+,44+,45-,46+,48+,49-,50-,51+,52-,54+,57-,58-,59-/m1/s1. The topological polar surface area (TPSA) is 240 Å². The van der Waals surface area contributed by atoms with Gasteiger partial charge in [-0.25, -0.2) is 9.59 Å². The van der Waals surface area contributed by atoms with Gasteiger partial charge in [0, 0.05) is 48.9 Å². The molecule has 0 bridgehead atoms. The molecule has 3 heterocycles. The molecule has 3 aromatic rings. The van der Waals surface area contributed by atoms with Crippen molar-refractivity contribution < 1.29 is 82.3 Å². The molecule has 0 aromatic heterocycles. The Morgan fingerprint density at radius 3 is 2.00 bits per heavy atom. The van der Waals surface area contributed by atoms with Gasteiger partial charge in [0.15, 0.2) is 18.7 Å². The molecule has 3 saturated heterocycles. The zero-order valence-electron chi connectivity index (χ0n) is 47.6. The third-order valence-electron chi connectivity index (χ3n) is 15.9. The molecule has 3 fully saturated rings. The average Bonchev–Trinajstić information content (AvgIpc) is 3.42. The number of oxime groups is 1. The molecule has 0 saturated carbocycles. The summed E-state index contributed by atoms with van der Waals surface area (Å²) in [6.45, 7) is 16.2. The lowest BCUT2D eigenvalue weighted by atomic mass is 9.73.